The van der Waals surface area contributed by atoms with E-state index in [0.717, 1.165) is 38.5 Å². The topological polar surface area (TPSA) is 66.5 Å². The number of hydrogen-bond acceptors (Lipinski definition) is 3. The first-order valence-electron chi connectivity index (χ1n) is 9.42. The Hall–Kier alpha value is -1.40. The van der Waals surface area contributed by atoms with Crippen LogP contribution in [0.3, 0.4) is 0 Å². The van der Waals surface area contributed by atoms with Gasteiger partial charge in [0.2, 0.25) is 10.0 Å². The van der Waals surface area contributed by atoms with Crippen molar-refractivity contribution in [3.8, 4) is 0 Å². The molecule has 0 heterocycles. The van der Waals surface area contributed by atoms with Gasteiger partial charge in [-0.05, 0) is 56.7 Å². The maximum atomic E-state index is 12.9. The summed E-state index contributed by atoms with van der Waals surface area (Å²) in [7, 11) is -3.55. The van der Waals surface area contributed by atoms with Crippen molar-refractivity contribution in [3.63, 3.8) is 0 Å². The van der Waals surface area contributed by atoms with Crippen LogP contribution in [0.1, 0.15) is 62.2 Å². The van der Waals surface area contributed by atoms with Crippen molar-refractivity contribution in [1.82, 2.24) is 9.62 Å². The highest BCUT2D eigenvalue weighted by Gasteiger charge is 2.27. The van der Waals surface area contributed by atoms with Gasteiger partial charge >= 0.3 is 0 Å². The molecule has 1 aromatic rings. The highest BCUT2D eigenvalue weighted by molar-refractivity contribution is 7.89. The van der Waals surface area contributed by atoms with E-state index >= 15 is 0 Å². The van der Waals surface area contributed by atoms with E-state index in [9.17, 15) is 13.2 Å². The van der Waals surface area contributed by atoms with Gasteiger partial charge in [0.15, 0.2) is 0 Å². The number of carbonyl (C=O) groups excluding carboxylic acids is 1. The molecule has 3 rings (SSSR count). The van der Waals surface area contributed by atoms with Crippen LogP contribution >= 0.6 is 0 Å². The van der Waals surface area contributed by atoms with Gasteiger partial charge in [-0.3, -0.25) is 4.79 Å². The van der Waals surface area contributed by atoms with E-state index < -0.39 is 10.0 Å². The summed E-state index contributed by atoms with van der Waals surface area (Å²) >= 11 is 0. The molecular weight excluding hydrogens is 336 g/mol. The molecule has 0 aromatic heterocycles. The molecule has 2 aliphatic rings. The standard InChI is InChI=1S/C19H28N2O3S/c1-2-21(17-8-4-3-5-9-17)19(22)16-7-6-10-18(13-16)25(23,24)20-14-15-11-12-15/h6-7,10,13,15,17,20H,2-5,8-9,11-12,14H2,1H3. The Balaban J connectivity index is 1.75. The Morgan fingerprint density at radius 3 is 2.52 bits per heavy atom. The maximum Gasteiger partial charge on any atom is 0.254 e. The second kappa shape index (κ2) is 7.87. The highest BCUT2D eigenvalue weighted by Crippen LogP contribution is 2.28. The van der Waals surface area contributed by atoms with Crippen LogP contribution in [0, 0.1) is 5.92 Å². The molecule has 6 heteroatoms. The van der Waals surface area contributed by atoms with Crippen LogP contribution < -0.4 is 4.72 Å². The summed E-state index contributed by atoms with van der Waals surface area (Å²) < 4.78 is 27.5. The van der Waals surface area contributed by atoms with Gasteiger partial charge in [0, 0.05) is 24.7 Å². The molecule has 138 valence electrons. The molecule has 1 N–H and O–H groups in total. The first-order chi connectivity index (χ1) is 12.0. The lowest BCUT2D eigenvalue weighted by Gasteiger charge is -2.33. The summed E-state index contributed by atoms with van der Waals surface area (Å²) in [5.41, 5.74) is 0.460. The van der Waals surface area contributed by atoms with E-state index in [0.29, 0.717) is 24.6 Å². The summed E-state index contributed by atoms with van der Waals surface area (Å²) in [4.78, 5) is 15.0. The third kappa shape index (κ3) is 4.61. The van der Waals surface area contributed by atoms with Gasteiger partial charge < -0.3 is 4.90 Å². The van der Waals surface area contributed by atoms with Crippen molar-refractivity contribution < 1.29 is 13.2 Å². The molecule has 0 spiro atoms. The highest BCUT2D eigenvalue weighted by atomic mass is 32.2. The molecule has 2 aliphatic carbocycles. The van der Waals surface area contributed by atoms with Gasteiger partial charge in [0.1, 0.15) is 0 Å². The normalized spacial score (nSPS) is 18.9. The number of rotatable bonds is 7. The van der Waals surface area contributed by atoms with E-state index in [-0.39, 0.29) is 16.8 Å². The predicted octanol–water partition coefficient (Wildman–Crippen LogP) is 3.17. The Labute approximate surface area is 150 Å². The second-order valence-corrected chi connectivity index (χ2v) is 8.97. The molecule has 25 heavy (non-hydrogen) atoms. The van der Waals surface area contributed by atoms with Gasteiger partial charge in [-0.1, -0.05) is 25.3 Å². The lowest BCUT2D eigenvalue weighted by Crippen LogP contribution is -2.41. The number of hydrogen-bond donors (Lipinski definition) is 1. The molecule has 0 aliphatic heterocycles. The first kappa shape index (κ1) is 18.4. The molecule has 0 bridgehead atoms. The molecule has 0 saturated heterocycles. The molecule has 5 nitrogen and oxygen atoms in total. The fraction of sp³-hybridized carbons (Fsp3) is 0.632. The Morgan fingerprint density at radius 2 is 1.88 bits per heavy atom. The average Bonchev–Trinajstić information content (AvgIpc) is 3.46. The number of nitrogens with one attached hydrogen (secondary N) is 1. The van der Waals surface area contributed by atoms with Crippen LogP contribution in [0.25, 0.3) is 0 Å². The zero-order chi connectivity index (χ0) is 17.9. The third-order valence-corrected chi connectivity index (χ3v) is 6.69. The summed E-state index contributed by atoms with van der Waals surface area (Å²) in [6.45, 7) is 3.13. The maximum absolute atomic E-state index is 12.9. The lowest BCUT2D eigenvalue weighted by atomic mass is 9.93. The van der Waals surface area contributed by atoms with Gasteiger partial charge in [0.25, 0.3) is 5.91 Å². The van der Waals surface area contributed by atoms with Crippen molar-refractivity contribution in [2.75, 3.05) is 13.1 Å². The summed E-state index contributed by atoms with van der Waals surface area (Å²) in [5, 5.41) is 0. The van der Waals surface area contributed by atoms with Crippen LogP contribution in [0.5, 0.6) is 0 Å². The molecule has 1 amide bonds. The minimum atomic E-state index is -3.55. The fourth-order valence-corrected chi connectivity index (χ4v) is 4.72. The third-order valence-electron chi connectivity index (χ3n) is 5.27. The number of carbonyl (C=O) groups is 1. The predicted molar refractivity (Wildman–Crippen MR) is 97.9 cm³/mol. The van der Waals surface area contributed by atoms with Gasteiger partial charge in [-0.2, -0.15) is 0 Å². The molecule has 1 aromatic carbocycles. The number of amides is 1. The smallest absolute Gasteiger partial charge is 0.254 e. The van der Waals surface area contributed by atoms with Crippen LogP contribution in [0.4, 0.5) is 0 Å². The Bertz CT molecular complexity index is 707. The zero-order valence-corrected chi connectivity index (χ0v) is 15.7. The van der Waals surface area contributed by atoms with Crippen LogP contribution in [-0.2, 0) is 10.0 Å². The van der Waals surface area contributed by atoms with E-state index in [4.69, 9.17) is 0 Å². The largest absolute Gasteiger partial charge is 0.336 e. The molecule has 0 atom stereocenters. The summed E-state index contributed by atoms with van der Waals surface area (Å²) in [5.74, 6) is 0.412. The number of benzene rings is 1. The molecule has 2 saturated carbocycles. The summed E-state index contributed by atoms with van der Waals surface area (Å²) in [6.07, 6.45) is 7.83. The Kier molecular flexibility index (Phi) is 5.79. The quantitative estimate of drug-likeness (QED) is 0.808. The van der Waals surface area contributed by atoms with E-state index in [1.807, 2.05) is 11.8 Å². The van der Waals surface area contributed by atoms with Crippen LogP contribution in [-0.4, -0.2) is 38.4 Å². The first-order valence-corrected chi connectivity index (χ1v) is 10.9. The molecule has 0 unspecified atom stereocenters. The lowest BCUT2D eigenvalue weighted by molar-refractivity contribution is 0.0647. The minimum Gasteiger partial charge on any atom is -0.336 e. The van der Waals surface area contributed by atoms with E-state index in [2.05, 4.69) is 4.72 Å². The molecular formula is C19H28N2O3S. The second-order valence-electron chi connectivity index (χ2n) is 7.21. The molecule has 0 radical (unpaired) electrons. The molecule has 2 fully saturated rings. The van der Waals surface area contributed by atoms with Crippen LogP contribution in [0.15, 0.2) is 29.2 Å². The van der Waals surface area contributed by atoms with Gasteiger partial charge in [-0.15, -0.1) is 0 Å². The monoisotopic (exact) mass is 364 g/mol. The number of sulfonamides is 1. The van der Waals surface area contributed by atoms with Gasteiger partial charge in [-0.25, -0.2) is 13.1 Å². The summed E-state index contributed by atoms with van der Waals surface area (Å²) in [6, 6.07) is 6.73. The van der Waals surface area contributed by atoms with Crippen molar-refractivity contribution in [2.24, 2.45) is 5.92 Å². The van der Waals surface area contributed by atoms with Crippen molar-refractivity contribution >= 4 is 15.9 Å². The van der Waals surface area contributed by atoms with Crippen molar-refractivity contribution in [2.45, 2.75) is 62.8 Å². The minimum absolute atomic E-state index is 0.0614. The fourth-order valence-electron chi connectivity index (χ4n) is 3.56. The Morgan fingerprint density at radius 1 is 1.16 bits per heavy atom. The van der Waals surface area contributed by atoms with Crippen molar-refractivity contribution in [1.29, 1.82) is 0 Å². The SMILES string of the molecule is CCN(C(=O)c1cccc(S(=O)(=O)NCC2CC2)c1)C1CCCCC1. The van der Waals surface area contributed by atoms with E-state index in [1.165, 1.54) is 12.5 Å². The van der Waals surface area contributed by atoms with E-state index in [1.54, 1.807) is 18.2 Å². The van der Waals surface area contributed by atoms with Crippen LogP contribution in [0.2, 0.25) is 0 Å². The van der Waals surface area contributed by atoms with Crippen molar-refractivity contribution in [3.05, 3.63) is 29.8 Å². The average molecular weight is 365 g/mol. The zero-order valence-electron chi connectivity index (χ0n) is 14.9. The number of nitrogens with zero attached hydrogens (tertiary/aromatic N) is 1. The van der Waals surface area contributed by atoms with Gasteiger partial charge in [0.05, 0.1) is 4.90 Å².